The summed E-state index contributed by atoms with van der Waals surface area (Å²) < 4.78 is 27.0. The first-order valence-electron chi connectivity index (χ1n) is 8.80. The van der Waals surface area contributed by atoms with Gasteiger partial charge in [-0.15, -0.1) is 11.8 Å². The van der Waals surface area contributed by atoms with Crippen LogP contribution in [-0.2, 0) is 10.0 Å². The molecule has 0 unspecified atom stereocenters. The number of rotatable bonds is 7. The van der Waals surface area contributed by atoms with Gasteiger partial charge in [-0.3, -0.25) is 0 Å². The highest BCUT2D eigenvalue weighted by Crippen LogP contribution is 2.24. The van der Waals surface area contributed by atoms with Crippen LogP contribution < -0.4 is 9.62 Å². The lowest BCUT2D eigenvalue weighted by molar-refractivity contribution is 0.250. The zero-order chi connectivity index (χ0) is 20.7. The van der Waals surface area contributed by atoms with Crippen molar-refractivity contribution < 1.29 is 13.2 Å². The number of nitrogens with one attached hydrogen (secondary N) is 1. The first-order chi connectivity index (χ1) is 14.0. The van der Waals surface area contributed by atoms with Gasteiger partial charge >= 0.3 is 6.03 Å². The highest BCUT2D eigenvalue weighted by Gasteiger charge is 2.30. The summed E-state index contributed by atoms with van der Waals surface area (Å²) >= 11 is 7.41. The molecule has 0 radical (unpaired) electrons. The van der Waals surface area contributed by atoms with E-state index < -0.39 is 16.1 Å². The molecule has 29 heavy (non-hydrogen) atoms. The first-order valence-corrected chi connectivity index (χ1v) is 11.6. The maximum Gasteiger partial charge on any atom is 0.336 e. The summed E-state index contributed by atoms with van der Waals surface area (Å²) in [6, 6.07) is 22.9. The summed E-state index contributed by atoms with van der Waals surface area (Å²) in [5, 5.41) is 3.36. The Morgan fingerprint density at radius 2 is 1.48 bits per heavy atom. The zero-order valence-corrected chi connectivity index (χ0v) is 17.8. The lowest BCUT2D eigenvalue weighted by atomic mass is 10.3. The number of halogens is 1. The van der Waals surface area contributed by atoms with Crippen LogP contribution in [0.1, 0.15) is 0 Å². The molecule has 0 aromatic heterocycles. The lowest BCUT2D eigenvalue weighted by Gasteiger charge is -2.23. The van der Waals surface area contributed by atoms with Crippen LogP contribution in [-0.4, -0.2) is 26.7 Å². The number of carbonyl (C=O) groups excluding carboxylic acids is 1. The maximum absolute atomic E-state index is 13.1. The van der Waals surface area contributed by atoms with Crippen LogP contribution in [0.15, 0.2) is 94.7 Å². The van der Waals surface area contributed by atoms with Crippen molar-refractivity contribution in [1.82, 2.24) is 5.32 Å². The molecule has 0 aliphatic heterocycles. The quantitative estimate of drug-likeness (QED) is 0.408. The van der Waals surface area contributed by atoms with Crippen molar-refractivity contribution in [2.75, 3.05) is 16.6 Å². The Morgan fingerprint density at radius 1 is 0.897 bits per heavy atom. The van der Waals surface area contributed by atoms with E-state index in [9.17, 15) is 13.2 Å². The third-order valence-corrected chi connectivity index (χ3v) is 6.91. The van der Waals surface area contributed by atoms with Gasteiger partial charge in [-0.25, -0.2) is 13.2 Å². The van der Waals surface area contributed by atoms with Gasteiger partial charge < -0.3 is 5.32 Å². The van der Waals surface area contributed by atoms with Gasteiger partial charge in [0.15, 0.2) is 0 Å². The molecule has 0 bridgehead atoms. The van der Waals surface area contributed by atoms with Gasteiger partial charge in [0.05, 0.1) is 10.6 Å². The van der Waals surface area contributed by atoms with Crippen molar-refractivity contribution >= 4 is 45.1 Å². The fourth-order valence-electron chi connectivity index (χ4n) is 2.56. The van der Waals surface area contributed by atoms with Crippen LogP contribution >= 0.6 is 23.4 Å². The van der Waals surface area contributed by atoms with Crippen molar-refractivity contribution in [2.24, 2.45) is 0 Å². The van der Waals surface area contributed by atoms with Crippen molar-refractivity contribution in [3.63, 3.8) is 0 Å². The fourth-order valence-corrected chi connectivity index (χ4v) is 4.84. The average molecular weight is 447 g/mol. The molecule has 1 N–H and O–H groups in total. The summed E-state index contributed by atoms with van der Waals surface area (Å²) in [5.41, 5.74) is 0.277. The standard InChI is InChI=1S/C21H19ClN2O3S2/c22-17-11-13-19(14-12-17)28-16-15-23-21(25)24(18-7-3-1-4-8-18)29(26,27)20-9-5-2-6-10-20/h1-14H,15-16H2,(H,23,25). The van der Waals surface area contributed by atoms with E-state index >= 15 is 0 Å². The van der Waals surface area contributed by atoms with Gasteiger partial charge in [0.2, 0.25) is 0 Å². The number of nitrogens with zero attached hydrogens (tertiary/aromatic N) is 1. The molecule has 0 aliphatic carbocycles. The minimum absolute atomic E-state index is 0.0505. The second-order valence-electron chi connectivity index (χ2n) is 5.95. The summed E-state index contributed by atoms with van der Waals surface area (Å²) in [6.45, 7) is 0.305. The maximum atomic E-state index is 13.1. The highest BCUT2D eigenvalue weighted by molar-refractivity contribution is 7.99. The molecule has 8 heteroatoms. The Balaban J connectivity index is 1.72. The Kier molecular flexibility index (Phi) is 7.19. The van der Waals surface area contributed by atoms with Crippen LogP contribution in [0, 0.1) is 0 Å². The van der Waals surface area contributed by atoms with Crippen molar-refractivity contribution in [3.8, 4) is 0 Å². The van der Waals surface area contributed by atoms with Gasteiger partial charge in [-0.1, -0.05) is 48.0 Å². The van der Waals surface area contributed by atoms with E-state index in [0.29, 0.717) is 17.3 Å². The Bertz CT molecular complexity index is 1040. The van der Waals surface area contributed by atoms with E-state index in [1.165, 1.54) is 12.1 Å². The predicted molar refractivity (Wildman–Crippen MR) is 118 cm³/mol. The van der Waals surface area contributed by atoms with Crippen LogP contribution in [0.2, 0.25) is 5.02 Å². The van der Waals surface area contributed by atoms with Gasteiger partial charge in [-0.05, 0) is 48.5 Å². The minimum atomic E-state index is -4.05. The molecule has 3 aromatic carbocycles. The second kappa shape index (κ2) is 9.82. The summed E-state index contributed by atoms with van der Waals surface area (Å²) in [4.78, 5) is 13.9. The number of urea groups is 1. The predicted octanol–water partition coefficient (Wildman–Crippen LogP) is 5.04. The number of para-hydroxylation sites is 1. The van der Waals surface area contributed by atoms with Gasteiger partial charge in [0, 0.05) is 22.2 Å². The SMILES string of the molecule is O=C(NCCSc1ccc(Cl)cc1)N(c1ccccc1)S(=O)(=O)c1ccccc1. The third kappa shape index (κ3) is 5.53. The smallest absolute Gasteiger partial charge is 0.336 e. The van der Waals surface area contributed by atoms with Crippen LogP contribution in [0.4, 0.5) is 10.5 Å². The molecular weight excluding hydrogens is 428 g/mol. The van der Waals surface area contributed by atoms with Crippen LogP contribution in [0.25, 0.3) is 0 Å². The summed E-state index contributed by atoms with van der Waals surface area (Å²) in [6.07, 6.45) is 0. The molecule has 150 valence electrons. The van der Waals surface area contributed by atoms with Crippen LogP contribution in [0.3, 0.4) is 0 Å². The lowest BCUT2D eigenvalue weighted by Crippen LogP contribution is -2.44. The molecule has 0 saturated heterocycles. The van der Waals surface area contributed by atoms with Crippen molar-refractivity contribution in [2.45, 2.75) is 9.79 Å². The van der Waals surface area contributed by atoms with E-state index in [4.69, 9.17) is 11.6 Å². The second-order valence-corrected chi connectivity index (χ2v) is 9.34. The van der Waals surface area contributed by atoms with Gasteiger partial charge in [0.1, 0.15) is 0 Å². The fraction of sp³-hybridized carbons (Fsp3) is 0.0952. The van der Waals surface area contributed by atoms with Gasteiger partial charge in [-0.2, -0.15) is 4.31 Å². The molecule has 0 saturated carbocycles. The highest BCUT2D eigenvalue weighted by atomic mass is 35.5. The Morgan fingerprint density at radius 3 is 2.10 bits per heavy atom. The molecule has 0 fully saturated rings. The number of benzene rings is 3. The molecule has 2 amide bonds. The normalized spacial score (nSPS) is 11.1. The molecule has 3 aromatic rings. The Hall–Kier alpha value is -2.48. The zero-order valence-electron chi connectivity index (χ0n) is 15.4. The topological polar surface area (TPSA) is 66.5 Å². The average Bonchev–Trinajstić information content (AvgIpc) is 2.74. The molecule has 0 aliphatic rings. The van der Waals surface area contributed by atoms with E-state index in [1.807, 2.05) is 12.1 Å². The van der Waals surface area contributed by atoms with Gasteiger partial charge in [0.25, 0.3) is 10.0 Å². The number of anilines is 1. The van der Waals surface area contributed by atoms with E-state index in [0.717, 1.165) is 9.20 Å². The number of amides is 2. The molecule has 0 atom stereocenters. The molecular formula is C21H19ClN2O3S2. The number of hydrogen-bond donors (Lipinski definition) is 1. The minimum Gasteiger partial charge on any atom is -0.336 e. The monoisotopic (exact) mass is 446 g/mol. The first kappa shape index (κ1) is 21.2. The largest absolute Gasteiger partial charge is 0.336 e. The number of carbonyl (C=O) groups is 1. The number of sulfonamides is 1. The Labute approximate surface area is 179 Å². The molecule has 3 rings (SSSR count). The van der Waals surface area contributed by atoms with E-state index in [2.05, 4.69) is 5.32 Å². The van der Waals surface area contributed by atoms with Crippen LogP contribution in [0.5, 0.6) is 0 Å². The summed E-state index contributed by atoms with van der Waals surface area (Å²) in [7, 11) is -4.05. The van der Waals surface area contributed by atoms with Crippen molar-refractivity contribution in [3.05, 3.63) is 90.0 Å². The molecule has 5 nitrogen and oxygen atoms in total. The molecule has 0 heterocycles. The summed E-state index contributed by atoms with van der Waals surface area (Å²) in [5.74, 6) is 0.585. The number of thioether (sulfide) groups is 1. The van der Waals surface area contributed by atoms with Crippen molar-refractivity contribution in [1.29, 1.82) is 0 Å². The van der Waals surface area contributed by atoms with E-state index in [-0.39, 0.29) is 10.6 Å². The molecule has 0 spiro atoms. The number of hydrogen-bond acceptors (Lipinski definition) is 4. The third-order valence-electron chi connectivity index (χ3n) is 3.92. The van der Waals surface area contributed by atoms with E-state index in [1.54, 1.807) is 72.4 Å².